The van der Waals surface area contributed by atoms with Gasteiger partial charge in [-0.05, 0) is 47.9 Å². The molecule has 2 atom stereocenters. The molecule has 2 unspecified atom stereocenters. The Hall–Kier alpha value is -2.21. The van der Waals surface area contributed by atoms with Gasteiger partial charge in [-0.25, -0.2) is 0 Å². The van der Waals surface area contributed by atoms with Gasteiger partial charge in [-0.2, -0.15) is 0 Å². The summed E-state index contributed by atoms with van der Waals surface area (Å²) in [4.78, 5) is 9.76. The van der Waals surface area contributed by atoms with Crippen molar-refractivity contribution < 1.29 is 49.2 Å². The molecule has 6 nitrogen and oxygen atoms in total. The fraction of sp³-hybridized carbons (Fsp3) is 0.533. The molecule has 0 saturated heterocycles. The summed E-state index contributed by atoms with van der Waals surface area (Å²) in [6, 6.07) is 7.39. The van der Waals surface area contributed by atoms with E-state index in [2.05, 4.69) is 41.5 Å². The van der Waals surface area contributed by atoms with Crippen LogP contribution in [0.25, 0.3) is 0 Å². The Bertz CT molecular complexity index is 1050. The number of nitrogens with zero attached hydrogens (tertiary/aromatic N) is 2. The molecule has 2 N–H and O–H groups in total. The van der Waals surface area contributed by atoms with Gasteiger partial charge < -0.3 is 32.1 Å². The van der Waals surface area contributed by atoms with Gasteiger partial charge in [-0.1, -0.05) is 54.4 Å². The number of rotatable bonds is 6. The molecule has 0 spiro atoms. The van der Waals surface area contributed by atoms with Crippen LogP contribution in [0.1, 0.15) is 89.5 Å². The molecule has 1 aliphatic rings. The van der Waals surface area contributed by atoms with E-state index in [1.54, 1.807) is 26.6 Å². The van der Waals surface area contributed by atoms with Crippen LogP contribution in [0.4, 0.5) is 0 Å². The molecule has 2 aromatic carbocycles. The summed E-state index contributed by atoms with van der Waals surface area (Å²) in [6.07, 6.45) is 7.53. The van der Waals surface area contributed by atoms with Gasteiger partial charge in [0.15, 0.2) is 0 Å². The van der Waals surface area contributed by atoms with E-state index in [0.29, 0.717) is 22.6 Å². The van der Waals surface area contributed by atoms with Gasteiger partial charge >= 0.3 is 17.1 Å². The van der Waals surface area contributed by atoms with Gasteiger partial charge in [0.2, 0.25) is 0 Å². The molecule has 0 aromatic heterocycles. The molecular formula is C30H42ClMnN2O4+. The molecule has 0 bridgehead atoms. The van der Waals surface area contributed by atoms with E-state index in [1.807, 2.05) is 24.3 Å². The van der Waals surface area contributed by atoms with Crippen molar-refractivity contribution in [1.29, 1.82) is 0 Å². The van der Waals surface area contributed by atoms with Gasteiger partial charge in [-0.3, -0.25) is 9.98 Å². The van der Waals surface area contributed by atoms with E-state index < -0.39 is 0 Å². The SMILES string of the molecule is COc1cc(C=NC2CCCCC2N=Cc2cc(OC)cc(C(C)(C)C)c2O)c(O)c(C(C)(C)C)c1.[Cl-].[Mn+2]. The minimum Gasteiger partial charge on any atom is -1.00 e. The van der Waals surface area contributed by atoms with E-state index in [9.17, 15) is 10.2 Å². The maximum Gasteiger partial charge on any atom is 2.00 e. The first kappa shape index (κ1) is 33.8. The molecule has 1 aliphatic carbocycles. The average molecular weight is 585 g/mol. The summed E-state index contributed by atoms with van der Waals surface area (Å²) >= 11 is 0. The van der Waals surface area contributed by atoms with Crippen LogP contribution < -0.4 is 21.9 Å². The first-order valence-electron chi connectivity index (χ1n) is 12.7. The first-order valence-corrected chi connectivity index (χ1v) is 12.7. The van der Waals surface area contributed by atoms with E-state index in [1.165, 1.54) is 0 Å². The molecule has 1 saturated carbocycles. The Morgan fingerprint density at radius 1 is 0.711 bits per heavy atom. The predicted octanol–water partition coefficient (Wildman–Crippen LogP) is 3.56. The van der Waals surface area contributed by atoms with Crippen LogP contribution in [0.15, 0.2) is 34.3 Å². The summed E-state index contributed by atoms with van der Waals surface area (Å²) < 4.78 is 11.0. The molecule has 8 heteroatoms. The third-order valence-corrected chi connectivity index (χ3v) is 6.82. The standard InChI is InChI=1S/C30H42N2O4.ClH.Mn/c1-29(2,3)23-15-21(35-7)13-19(27(23)33)17-31-25-11-9-10-12-26(25)32-18-20-14-22(36-8)16-24(28(20)34)30(4,5)6;;/h13-18,25-26,33-34H,9-12H2,1-8H3;1H;/q;;+2/p-1. The summed E-state index contributed by atoms with van der Waals surface area (Å²) in [7, 11) is 3.26. The second kappa shape index (κ2) is 13.7. The van der Waals surface area contributed by atoms with Gasteiger partial charge in [0.05, 0.1) is 26.3 Å². The maximum absolute atomic E-state index is 10.9. The molecule has 3 rings (SSSR count). The normalized spacial score (nSPS) is 18.2. The minimum absolute atomic E-state index is 0. The molecule has 0 heterocycles. The Labute approximate surface area is 244 Å². The average Bonchev–Trinajstić information content (AvgIpc) is 2.81. The van der Waals surface area contributed by atoms with Crippen LogP contribution in [0.5, 0.6) is 23.0 Å². The molecule has 1 fully saturated rings. The van der Waals surface area contributed by atoms with Crippen molar-refractivity contribution in [2.24, 2.45) is 9.98 Å². The number of benzene rings is 2. The van der Waals surface area contributed by atoms with Crippen LogP contribution >= 0.6 is 0 Å². The number of hydrogen-bond acceptors (Lipinski definition) is 6. The van der Waals surface area contributed by atoms with Gasteiger partial charge in [0, 0.05) is 34.7 Å². The summed E-state index contributed by atoms with van der Waals surface area (Å²) in [5, 5.41) is 21.9. The van der Waals surface area contributed by atoms with Crippen molar-refractivity contribution >= 4 is 12.4 Å². The molecule has 1 radical (unpaired) electrons. The molecule has 0 aliphatic heterocycles. The smallest absolute Gasteiger partial charge is 1.00 e. The second-order valence-electron chi connectivity index (χ2n) is 11.7. The topological polar surface area (TPSA) is 83.6 Å². The van der Waals surface area contributed by atoms with Crippen LogP contribution in [-0.2, 0) is 27.9 Å². The van der Waals surface area contributed by atoms with Crippen LogP contribution in [0.3, 0.4) is 0 Å². The number of aliphatic imine (C=N–C) groups is 2. The first-order chi connectivity index (χ1) is 16.8. The van der Waals surface area contributed by atoms with E-state index in [0.717, 1.165) is 36.8 Å². The van der Waals surface area contributed by atoms with Crippen molar-refractivity contribution in [2.75, 3.05) is 14.2 Å². The van der Waals surface area contributed by atoms with Crippen molar-refractivity contribution in [1.82, 2.24) is 0 Å². The van der Waals surface area contributed by atoms with Crippen molar-refractivity contribution in [3.8, 4) is 23.0 Å². The summed E-state index contributed by atoms with van der Waals surface area (Å²) in [6.45, 7) is 12.4. The number of halogens is 1. The quantitative estimate of drug-likeness (QED) is 0.402. The monoisotopic (exact) mass is 584 g/mol. The zero-order chi connectivity index (χ0) is 26.7. The third-order valence-electron chi connectivity index (χ3n) is 6.82. The largest absolute Gasteiger partial charge is 2.00 e. The van der Waals surface area contributed by atoms with Crippen LogP contribution in [-0.4, -0.2) is 48.9 Å². The number of aromatic hydroxyl groups is 2. The summed E-state index contributed by atoms with van der Waals surface area (Å²) in [5.74, 6) is 1.86. The zero-order valence-electron chi connectivity index (χ0n) is 23.8. The Morgan fingerprint density at radius 2 is 1.05 bits per heavy atom. The second-order valence-corrected chi connectivity index (χ2v) is 11.7. The predicted molar refractivity (Wildman–Crippen MR) is 148 cm³/mol. The van der Waals surface area contributed by atoms with E-state index in [-0.39, 0.29) is 63.9 Å². The van der Waals surface area contributed by atoms with E-state index in [4.69, 9.17) is 19.5 Å². The molecular weight excluding hydrogens is 543 g/mol. The van der Waals surface area contributed by atoms with Gasteiger partial charge in [0.25, 0.3) is 0 Å². The molecule has 2 aromatic rings. The fourth-order valence-corrected chi connectivity index (χ4v) is 4.63. The number of methoxy groups -OCH3 is 2. The maximum atomic E-state index is 10.9. The molecule has 0 amide bonds. The van der Waals surface area contributed by atoms with Gasteiger partial charge in [-0.15, -0.1) is 0 Å². The molecule has 38 heavy (non-hydrogen) atoms. The van der Waals surface area contributed by atoms with Gasteiger partial charge in [0.1, 0.15) is 23.0 Å². The number of ether oxygens (including phenoxy) is 2. The number of hydrogen-bond donors (Lipinski definition) is 2. The van der Waals surface area contributed by atoms with Crippen LogP contribution in [0, 0.1) is 0 Å². The molecule has 209 valence electrons. The number of phenolic OH excluding ortho intramolecular Hbond substituents is 2. The Balaban J connectivity index is 0.00000361. The fourth-order valence-electron chi connectivity index (χ4n) is 4.63. The van der Waals surface area contributed by atoms with Crippen LogP contribution in [0.2, 0.25) is 0 Å². The summed E-state index contributed by atoms with van der Waals surface area (Å²) in [5.41, 5.74) is 2.47. The van der Waals surface area contributed by atoms with Crippen molar-refractivity contribution in [2.45, 2.75) is 90.1 Å². The Morgan fingerprint density at radius 3 is 1.34 bits per heavy atom. The van der Waals surface area contributed by atoms with Crippen molar-refractivity contribution in [3.63, 3.8) is 0 Å². The van der Waals surface area contributed by atoms with Crippen molar-refractivity contribution in [3.05, 3.63) is 46.5 Å². The third kappa shape index (κ3) is 8.14. The van der Waals surface area contributed by atoms with E-state index >= 15 is 0 Å². The number of phenols is 2. The minimum atomic E-state index is -0.233. The Kier molecular flexibility index (Phi) is 12.2. The zero-order valence-corrected chi connectivity index (χ0v) is 25.7.